The first kappa shape index (κ1) is 10.9. The Labute approximate surface area is 89.9 Å². The lowest BCUT2D eigenvalue weighted by Gasteiger charge is -2.08. The van der Waals surface area contributed by atoms with Gasteiger partial charge in [0, 0.05) is 0 Å². The molecule has 0 amide bonds. The average molecular weight is 217 g/mol. The number of hydrogen-bond acceptors (Lipinski definition) is 0. The Hall–Kier alpha value is -0.200. The molecule has 0 heterocycles. The summed E-state index contributed by atoms with van der Waals surface area (Å²) in [6.45, 7) is 4.44. The van der Waals surface area contributed by atoms with Crippen molar-refractivity contribution in [3.63, 3.8) is 0 Å². The molecule has 0 saturated carbocycles. The standard InChI is InChI=1S/C11H14Cl2/c1-3-8(2)6-9-4-5-10(12)11(13)7-9/h4-5,7-8H,3,6H2,1-2H3/t8-/m1/s1. The Morgan fingerprint density at radius 1 is 1.23 bits per heavy atom. The second-order valence-electron chi connectivity index (χ2n) is 3.47. The highest BCUT2D eigenvalue weighted by Crippen LogP contribution is 2.24. The highest BCUT2D eigenvalue weighted by molar-refractivity contribution is 6.42. The van der Waals surface area contributed by atoms with Crippen molar-refractivity contribution < 1.29 is 0 Å². The zero-order valence-electron chi connectivity index (χ0n) is 7.98. The minimum Gasteiger partial charge on any atom is -0.0827 e. The lowest BCUT2D eigenvalue weighted by Crippen LogP contribution is -1.97. The minimum absolute atomic E-state index is 0.634. The Bertz CT molecular complexity index is 281. The SMILES string of the molecule is CC[C@@H](C)Cc1ccc(Cl)c(Cl)c1. The Morgan fingerprint density at radius 3 is 2.46 bits per heavy atom. The quantitative estimate of drug-likeness (QED) is 0.694. The Kier molecular flexibility index (Phi) is 4.08. The third kappa shape index (κ3) is 3.21. The zero-order valence-corrected chi connectivity index (χ0v) is 9.49. The van der Waals surface area contributed by atoms with E-state index in [-0.39, 0.29) is 0 Å². The molecule has 2 heteroatoms. The van der Waals surface area contributed by atoms with Crippen LogP contribution in [-0.2, 0) is 6.42 Å². The van der Waals surface area contributed by atoms with E-state index in [4.69, 9.17) is 23.2 Å². The molecule has 0 aromatic heterocycles. The van der Waals surface area contributed by atoms with Crippen LogP contribution in [0.15, 0.2) is 18.2 Å². The summed E-state index contributed by atoms with van der Waals surface area (Å²) in [5.41, 5.74) is 1.27. The van der Waals surface area contributed by atoms with Crippen LogP contribution in [0, 0.1) is 5.92 Å². The highest BCUT2D eigenvalue weighted by atomic mass is 35.5. The van der Waals surface area contributed by atoms with Crippen LogP contribution < -0.4 is 0 Å². The number of halogens is 2. The molecule has 1 atom stereocenters. The highest BCUT2D eigenvalue weighted by Gasteiger charge is 2.03. The second-order valence-corrected chi connectivity index (χ2v) is 4.28. The fourth-order valence-electron chi connectivity index (χ4n) is 1.21. The van der Waals surface area contributed by atoms with E-state index in [0.717, 1.165) is 6.42 Å². The summed E-state index contributed by atoms with van der Waals surface area (Å²) in [7, 11) is 0. The largest absolute Gasteiger partial charge is 0.0827 e. The van der Waals surface area contributed by atoms with Gasteiger partial charge in [0.25, 0.3) is 0 Å². The maximum Gasteiger partial charge on any atom is 0.0595 e. The number of rotatable bonds is 3. The first-order valence-electron chi connectivity index (χ1n) is 4.57. The third-order valence-corrected chi connectivity index (χ3v) is 3.00. The predicted molar refractivity (Wildman–Crippen MR) is 59.6 cm³/mol. The molecule has 0 aliphatic rings. The number of hydrogen-bond donors (Lipinski definition) is 0. The molecule has 0 fully saturated rings. The van der Waals surface area contributed by atoms with Crippen LogP contribution in [0.3, 0.4) is 0 Å². The molecule has 0 radical (unpaired) electrons. The smallest absolute Gasteiger partial charge is 0.0595 e. The molecular formula is C11H14Cl2. The van der Waals surface area contributed by atoms with Gasteiger partial charge in [-0.05, 0) is 30.0 Å². The lowest BCUT2D eigenvalue weighted by molar-refractivity contribution is 0.560. The van der Waals surface area contributed by atoms with Gasteiger partial charge >= 0.3 is 0 Å². The van der Waals surface area contributed by atoms with Crippen molar-refractivity contribution in [3.8, 4) is 0 Å². The molecule has 72 valence electrons. The van der Waals surface area contributed by atoms with Crippen molar-refractivity contribution in [3.05, 3.63) is 33.8 Å². The molecule has 1 rings (SSSR count). The van der Waals surface area contributed by atoms with Crippen LogP contribution in [0.2, 0.25) is 10.0 Å². The summed E-state index contributed by atoms with van der Waals surface area (Å²) in [4.78, 5) is 0. The van der Waals surface area contributed by atoms with Crippen molar-refractivity contribution >= 4 is 23.2 Å². The fourth-order valence-corrected chi connectivity index (χ4v) is 1.53. The maximum atomic E-state index is 5.91. The van der Waals surface area contributed by atoms with E-state index in [2.05, 4.69) is 13.8 Å². The van der Waals surface area contributed by atoms with Gasteiger partial charge in [0.05, 0.1) is 10.0 Å². The summed E-state index contributed by atoms with van der Waals surface area (Å²) >= 11 is 11.7. The van der Waals surface area contributed by atoms with Gasteiger partial charge in [0.15, 0.2) is 0 Å². The zero-order chi connectivity index (χ0) is 9.84. The van der Waals surface area contributed by atoms with E-state index in [1.54, 1.807) is 0 Å². The van der Waals surface area contributed by atoms with E-state index in [1.165, 1.54) is 12.0 Å². The van der Waals surface area contributed by atoms with Crippen LogP contribution >= 0.6 is 23.2 Å². The maximum absolute atomic E-state index is 5.91. The molecule has 13 heavy (non-hydrogen) atoms. The molecule has 0 saturated heterocycles. The summed E-state index contributed by atoms with van der Waals surface area (Å²) in [5.74, 6) is 0.706. The van der Waals surface area contributed by atoms with Crippen molar-refractivity contribution in [1.82, 2.24) is 0 Å². The average Bonchev–Trinajstić information content (AvgIpc) is 2.11. The summed E-state index contributed by atoms with van der Waals surface area (Å²) < 4.78 is 0. The summed E-state index contributed by atoms with van der Waals surface area (Å²) in [6.07, 6.45) is 2.27. The molecule has 1 aromatic rings. The van der Waals surface area contributed by atoms with Crippen molar-refractivity contribution in [1.29, 1.82) is 0 Å². The molecule has 0 aliphatic heterocycles. The van der Waals surface area contributed by atoms with E-state index >= 15 is 0 Å². The first-order valence-corrected chi connectivity index (χ1v) is 5.33. The molecule has 0 aliphatic carbocycles. The Balaban J connectivity index is 2.73. The number of benzene rings is 1. The van der Waals surface area contributed by atoms with Crippen LogP contribution in [0.25, 0.3) is 0 Å². The molecule has 0 bridgehead atoms. The lowest BCUT2D eigenvalue weighted by atomic mass is 9.99. The van der Waals surface area contributed by atoms with Crippen LogP contribution in [-0.4, -0.2) is 0 Å². The van der Waals surface area contributed by atoms with Crippen molar-refractivity contribution in [2.24, 2.45) is 5.92 Å². The third-order valence-electron chi connectivity index (χ3n) is 2.27. The van der Waals surface area contributed by atoms with E-state index in [1.807, 2.05) is 18.2 Å². The van der Waals surface area contributed by atoms with E-state index < -0.39 is 0 Å². The molecule has 0 nitrogen and oxygen atoms in total. The van der Waals surface area contributed by atoms with Gasteiger partial charge in [-0.1, -0.05) is 49.5 Å². The normalized spacial score (nSPS) is 12.9. The van der Waals surface area contributed by atoms with E-state index in [0.29, 0.717) is 16.0 Å². The predicted octanol–water partition coefficient (Wildman–Crippen LogP) is 4.58. The fraction of sp³-hybridized carbons (Fsp3) is 0.455. The van der Waals surface area contributed by atoms with Gasteiger partial charge in [-0.25, -0.2) is 0 Å². The molecule has 0 N–H and O–H groups in total. The van der Waals surface area contributed by atoms with Gasteiger partial charge in [-0.15, -0.1) is 0 Å². The topological polar surface area (TPSA) is 0 Å². The minimum atomic E-state index is 0.634. The molecule has 0 spiro atoms. The molecule has 1 aromatic carbocycles. The van der Waals surface area contributed by atoms with Gasteiger partial charge in [0.2, 0.25) is 0 Å². The second kappa shape index (κ2) is 4.88. The summed E-state index contributed by atoms with van der Waals surface area (Å²) in [5, 5.41) is 1.29. The summed E-state index contributed by atoms with van der Waals surface area (Å²) in [6, 6.07) is 5.86. The van der Waals surface area contributed by atoms with Crippen LogP contribution in [0.5, 0.6) is 0 Å². The van der Waals surface area contributed by atoms with Gasteiger partial charge in [-0.3, -0.25) is 0 Å². The van der Waals surface area contributed by atoms with Crippen molar-refractivity contribution in [2.75, 3.05) is 0 Å². The molecule has 0 unspecified atom stereocenters. The van der Waals surface area contributed by atoms with Crippen LogP contribution in [0.4, 0.5) is 0 Å². The Morgan fingerprint density at radius 2 is 1.92 bits per heavy atom. The van der Waals surface area contributed by atoms with Gasteiger partial charge in [-0.2, -0.15) is 0 Å². The van der Waals surface area contributed by atoms with Crippen molar-refractivity contribution in [2.45, 2.75) is 26.7 Å². The monoisotopic (exact) mass is 216 g/mol. The van der Waals surface area contributed by atoms with Gasteiger partial charge < -0.3 is 0 Å². The van der Waals surface area contributed by atoms with E-state index in [9.17, 15) is 0 Å². The molecular weight excluding hydrogens is 203 g/mol. The first-order chi connectivity index (χ1) is 6.13. The van der Waals surface area contributed by atoms with Crippen LogP contribution in [0.1, 0.15) is 25.8 Å². The van der Waals surface area contributed by atoms with Gasteiger partial charge in [0.1, 0.15) is 0 Å².